The molecule has 26 heavy (non-hydrogen) atoms. The Balaban J connectivity index is 1.66. The molecule has 3 rings (SSSR count). The van der Waals surface area contributed by atoms with Crippen LogP contribution >= 0.6 is 0 Å². The third kappa shape index (κ3) is 4.21. The van der Waals surface area contributed by atoms with Gasteiger partial charge in [0.1, 0.15) is 5.82 Å². The van der Waals surface area contributed by atoms with Gasteiger partial charge in [-0.3, -0.25) is 9.78 Å². The van der Waals surface area contributed by atoms with Crippen molar-refractivity contribution >= 4 is 29.1 Å². The van der Waals surface area contributed by atoms with Gasteiger partial charge in [-0.15, -0.1) is 0 Å². The van der Waals surface area contributed by atoms with Crippen LogP contribution in [0.1, 0.15) is 20.7 Å². The molecule has 2 heterocycles. The molecule has 0 spiro atoms. The number of carbonyl (C=O) groups excluding carboxylic acids is 2. The number of pyridine rings is 2. The summed E-state index contributed by atoms with van der Waals surface area (Å²) < 4.78 is 4.70. The second-order valence-electron chi connectivity index (χ2n) is 5.33. The quantitative estimate of drug-likeness (QED) is 0.688. The standard InChI is InChI=1S/C19H16N4O3/c1-26-19(25)13-4-2-6-15(10-13)22-17-8-7-16(12-21-17)23-18(24)14-5-3-9-20-11-14/h2-12H,1H3,(H,21,22)(H,23,24). The highest BCUT2D eigenvalue weighted by Crippen LogP contribution is 2.18. The topological polar surface area (TPSA) is 93.2 Å². The molecule has 2 N–H and O–H groups in total. The summed E-state index contributed by atoms with van der Waals surface area (Å²) >= 11 is 0. The zero-order valence-electron chi connectivity index (χ0n) is 14.0. The van der Waals surface area contributed by atoms with Crippen molar-refractivity contribution in [1.29, 1.82) is 0 Å². The van der Waals surface area contributed by atoms with Gasteiger partial charge in [-0.1, -0.05) is 6.07 Å². The lowest BCUT2D eigenvalue weighted by molar-refractivity contribution is 0.0600. The number of amides is 1. The first-order chi connectivity index (χ1) is 12.7. The summed E-state index contributed by atoms with van der Waals surface area (Å²) in [7, 11) is 1.34. The first kappa shape index (κ1) is 17.1. The van der Waals surface area contributed by atoms with E-state index in [1.54, 1.807) is 54.9 Å². The Bertz CT molecular complexity index is 912. The molecular formula is C19H16N4O3. The van der Waals surface area contributed by atoms with Crippen LogP contribution in [0, 0.1) is 0 Å². The first-order valence-electron chi connectivity index (χ1n) is 7.78. The number of hydrogen-bond acceptors (Lipinski definition) is 6. The number of methoxy groups -OCH3 is 1. The predicted octanol–water partition coefficient (Wildman–Crippen LogP) is 3.26. The van der Waals surface area contributed by atoms with Crippen molar-refractivity contribution in [3.63, 3.8) is 0 Å². The van der Waals surface area contributed by atoms with Gasteiger partial charge >= 0.3 is 5.97 Å². The van der Waals surface area contributed by atoms with E-state index in [9.17, 15) is 9.59 Å². The monoisotopic (exact) mass is 348 g/mol. The Morgan fingerprint density at radius 1 is 0.962 bits per heavy atom. The van der Waals surface area contributed by atoms with Gasteiger partial charge in [0.15, 0.2) is 0 Å². The largest absolute Gasteiger partial charge is 0.465 e. The van der Waals surface area contributed by atoms with Gasteiger partial charge in [-0.25, -0.2) is 9.78 Å². The molecule has 7 nitrogen and oxygen atoms in total. The van der Waals surface area contributed by atoms with Crippen molar-refractivity contribution in [3.05, 3.63) is 78.2 Å². The highest BCUT2D eigenvalue weighted by atomic mass is 16.5. The van der Waals surface area contributed by atoms with E-state index in [0.29, 0.717) is 28.3 Å². The summed E-state index contributed by atoms with van der Waals surface area (Å²) in [6, 6.07) is 13.7. The van der Waals surface area contributed by atoms with Crippen LogP contribution in [0.15, 0.2) is 67.1 Å². The van der Waals surface area contributed by atoms with E-state index in [2.05, 4.69) is 20.6 Å². The van der Waals surface area contributed by atoms with Crippen LogP contribution < -0.4 is 10.6 Å². The fraction of sp³-hybridized carbons (Fsp3) is 0.0526. The van der Waals surface area contributed by atoms with E-state index in [-0.39, 0.29) is 5.91 Å². The number of aromatic nitrogens is 2. The Hall–Kier alpha value is -3.74. The second kappa shape index (κ2) is 7.89. The molecule has 1 aromatic carbocycles. The minimum Gasteiger partial charge on any atom is -0.465 e. The van der Waals surface area contributed by atoms with Gasteiger partial charge in [0.2, 0.25) is 0 Å². The SMILES string of the molecule is COC(=O)c1cccc(Nc2ccc(NC(=O)c3cccnc3)cn2)c1. The lowest BCUT2D eigenvalue weighted by Crippen LogP contribution is -2.12. The normalized spacial score (nSPS) is 10.0. The maximum atomic E-state index is 12.1. The zero-order valence-corrected chi connectivity index (χ0v) is 14.0. The van der Waals surface area contributed by atoms with Crippen LogP contribution in [-0.4, -0.2) is 29.0 Å². The molecule has 2 aromatic heterocycles. The highest BCUT2D eigenvalue weighted by molar-refractivity contribution is 6.03. The number of anilines is 3. The summed E-state index contributed by atoms with van der Waals surface area (Å²) in [5.41, 5.74) is 2.17. The van der Waals surface area contributed by atoms with Crippen molar-refractivity contribution in [2.24, 2.45) is 0 Å². The number of nitrogens with one attached hydrogen (secondary N) is 2. The Kier molecular flexibility index (Phi) is 5.19. The van der Waals surface area contributed by atoms with Crippen LogP contribution in [-0.2, 0) is 4.74 Å². The predicted molar refractivity (Wildman–Crippen MR) is 97.5 cm³/mol. The number of hydrogen-bond donors (Lipinski definition) is 2. The van der Waals surface area contributed by atoms with E-state index in [1.165, 1.54) is 13.3 Å². The maximum Gasteiger partial charge on any atom is 0.337 e. The van der Waals surface area contributed by atoms with Crippen LogP contribution in [0.2, 0.25) is 0 Å². The van der Waals surface area contributed by atoms with E-state index in [0.717, 1.165) is 0 Å². The molecule has 0 saturated carbocycles. The maximum absolute atomic E-state index is 12.1. The number of rotatable bonds is 5. The minimum absolute atomic E-state index is 0.258. The molecule has 3 aromatic rings. The number of carbonyl (C=O) groups is 2. The van der Waals surface area contributed by atoms with E-state index >= 15 is 0 Å². The van der Waals surface area contributed by atoms with E-state index in [1.807, 2.05) is 6.07 Å². The van der Waals surface area contributed by atoms with Crippen LogP contribution in [0.5, 0.6) is 0 Å². The zero-order chi connectivity index (χ0) is 18.4. The summed E-state index contributed by atoms with van der Waals surface area (Å²) in [5, 5.41) is 5.84. The van der Waals surface area contributed by atoms with Gasteiger partial charge in [0.05, 0.1) is 30.1 Å². The summed E-state index contributed by atoms with van der Waals surface area (Å²) in [5.74, 6) is -0.0900. The summed E-state index contributed by atoms with van der Waals surface area (Å²) in [6.45, 7) is 0. The van der Waals surface area contributed by atoms with Gasteiger partial charge in [0, 0.05) is 18.1 Å². The number of ether oxygens (including phenoxy) is 1. The third-order valence-corrected chi connectivity index (χ3v) is 3.50. The number of esters is 1. The van der Waals surface area contributed by atoms with Gasteiger partial charge in [-0.05, 0) is 42.5 Å². The molecule has 0 fully saturated rings. The van der Waals surface area contributed by atoms with Crippen molar-refractivity contribution in [2.75, 3.05) is 17.7 Å². The Morgan fingerprint density at radius 3 is 2.50 bits per heavy atom. The molecule has 0 aliphatic carbocycles. The molecule has 0 unspecified atom stereocenters. The van der Waals surface area contributed by atoms with Crippen molar-refractivity contribution in [1.82, 2.24) is 9.97 Å². The summed E-state index contributed by atoms with van der Waals surface area (Å²) in [4.78, 5) is 31.8. The molecule has 0 saturated heterocycles. The number of benzene rings is 1. The second-order valence-corrected chi connectivity index (χ2v) is 5.33. The molecule has 1 amide bonds. The fourth-order valence-corrected chi connectivity index (χ4v) is 2.23. The lowest BCUT2D eigenvalue weighted by Gasteiger charge is -2.09. The van der Waals surface area contributed by atoms with Gasteiger partial charge in [-0.2, -0.15) is 0 Å². The molecule has 0 aliphatic heterocycles. The smallest absolute Gasteiger partial charge is 0.337 e. The van der Waals surface area contributed by atoms with Gasteiger partial charge in [0.25, 0.3) is 5.91 Å². The molecule has 0 bridgehead atoms. The molecule has 0 atom stereocenters. The third-order valence-electron chi connectivity index (χ3n) is 3.50. The van der Waals surface area contributed by atoms with Crippen LogP contribution in [0.3, 0.4) is 0 Å². The Morgan fingerprint density at radius 2 is 1.81 bits per heavy atom. The van der Waals surface area contributed by atoms with Crippen LogP contribution in [0.4, 0.5) is 17.2 Å². The van der Waals surface area contributed by atoms with Crippen molar-refractivity contribution in [3.8, 4) is 0 Å². The average Bonchev–Trinajstić information content (AvgIpc) is 2.69. The van der Waals surface area contributed by atoms with E-state index in [4.69, 9.17) is 4.74 Å². The van der Waals surface area contributed by atoms with Gasteiger partial charge < -0.3 is 15.4 Å². The molecule has 130 valence electrons. The molecule has 7 heteroatoms. The molecular weight excluding hydrogens is 332 g/mol. The lowest BCUT2D eigenvalue weighted by atomic mass is 10.2. The van der Waals surface area contributed by atoms with Crippen molar-refractivity contribution in [2.45, 2.75) is 0 Å². The minimum atomic E-state index is -0.407. The van der Waals surface area contributed by atoms with Crippen molar-refractivity contribution < 1.29 is 14.3 Å². The fourth-order valence-electron chi connectivity index (χ4n) is 2.23. The first-order valence-corrected chi connectivity index (χ1v) is 7.78. The molecule has 0 radical (unpaired) electrons. The summed E-state index contributed by atoms with van der Waals surface area (Å²) in [6.07, 6.45) is 4.64. The highest BCUT2D eigenvalue weighted by Gasteiger charge is 2.07. The number of nitrogens with zero attached hydrogens (tertiary/aromatic N) is 2. The average molecular weight is 348 g/mol. The van der Waals surface area contributed by atoms with Crippen LogP contribution in [0.25, 0.3) is 0 Å². The Labute approximate surface area is 150 Å². The molecule has 0 aliphatic rings. The van der Waals surface area contributed by atoms with E-state index < -0.39 is 5.97 Å².